The smallest absolute Gasteiger partial charge is 0.320 e. The van der Waals surface area contributed by atoms with Gasteiger partial charge in [-0.2, -0.15) is 0 Å². The van der Waals surface area contributed by atoms with Crippen LogP contribution in [0.15, 0.2) is 24.3 Å². The van der Waals surface area contributed by atoms with Crippen LogP contribution in [0.2, 0.25) is 0 Å². The second-order valence-corrected chi connectivity index (χ2v) is 6.86. The molecule has 2 heterocycles. The van der Waals surface area contributed by atoms with Gasteiger partial charge in [-0.15, -0.1) is 10.2 Å². The third-order valence-electron chi connectivity index (χ3n) is 4.91. The molecule has 8 nitrogen and oxygen atoms in total. The largest absolute Gasteiger partial charge is 0.507 e. The molecule has 0 bridgehead atoms. The van der Waals surface area contributed by atoms with E-state index in [-0.39, 0.29) is 11.8 Å². The molecule has 1 fully saturated rings. The lowest BCUT2D eigenvalue weighted by Gasteiger charge is -2.35. The highest BCUT2D eigenvalue weighted by molar-refractivity contribution is 5.73. The van der Waals surface area contributed by atoms with Gasteiger partial charge in [0, 0.05) is 24.2 Å². The van der Waals surface area contributed by atoms with E-state index in [2.05, 4.69) is 15.5 Å². The summed E-state index contributed by atoms with van der Waals surface area (Å²) >= 11 is 0. The van der Waals surface area contributed by atoms with Crippen LogP contribution in [-0.2, 0) is 4.79 Å². The molecule has 144 valence electrons. The number of methoxy groups -OCH3 is 1. The number of nitrogens with zero attached hydrogens (tertiary/aromatic N) is 3. The van der Waals surface area contributed by atoms with Crippen molar-refractivity contribution in [2.24, 2.45) is 0 Å². The Morgan fingerprint density at radius 1 is 1.30 bits per heavy atom. The maximum Gasteiger partial charge on any atom is 0.320 e. The number of aliphatic carboxylic acids is 1. The zero-order valence-corrected chi connectivity index (χ0v) is 15.6. The van der Waals surface area contributed by atoms with Crippen LogP contribution < -0.4 is 10.1 Å². The second-order valence-electron chi connectivity index (χ2n) is 6.86. The van der Waals surface area contributed by atoms with Crippen molar-refractivity contribution in [2.75, 3.05) is 26.0 Å². The second kappa shape index (κ2) is 7.79. The molecule has 0 amide bonds. The topological polar surface area (TPSA) is 108 Å². The van der Waals surface area contributed by atoms with E-state index in [0.29, 0.717) is 35.8 Å². The van der Waals surface area contributed by atoms with Crippen LogP contribution in [0.3, 0.4) is 0 Å². The van der Waals surface area contributed by atoms with Crippen LogP contribution >= 0.6 is 0 Å². The van der Waals surface area contributed by atoms with Gasteiger partial charge in [0.05, 0.1) is 12.8 Å². The van der Waals surface area contributed by atoms with E-state index in [1.807, 2.05) is 24.9 Å². The molecule has 8 heteroatoms. The van der Waals surface area contributed by atoms with Crippen molar-refractivity contribution in [2.45, 2.75) is 31.8 Å². The Morgan fingerprint density at radius 2 is 2.07 bits per heavy atom. The SMILES string of the molecule is COc1ccc(-c2nnc(N[C@@H]3CC[C@H](C(=O)O)N(C)C3)cc2C)c(O)c1. The summed E-state index contributed by atoms with van der Waals surface area (Å²) in [6.07, 6.45) is 1.34. The van der Waals surface area contributed by atoms with Gasteiger partial charge < -0.3 is 20.3 Å². The number of hydrogen-bond acceptors (Lipinski definition) is 7. The molecule has 0 radical (unpaired) electrons. The van der Waals surface area contributed by atoms with Crippen molar-refractivity contribution in [3.63, 3.8) is 0 Å². The summed E-state index contributed by atoms with van der Waals surface area (Å²) in [5.74, 6) is 0.508. The van der Waals surface area contributed by atoms with Crippen molar-refractivity contribution < 1.29 is 19.7 Å². The minimum atomic E-state index is -0.782. The maximum absolute atomic E-state index is 11.2. The van der Waals surface area contributed by atoms with Gasteiger partial charge in [0.1, 0.15) is 23.4 Å². The zero-order valence-electron chi connectivity index (χ0n) is 15.6. The molecule has 3 rings (SSSR count). The number of aromatic hydroxyl groups is 1. The summed E-state index contributed by atoms with van der Waals surface area (Å²) in [6.45, 7) is 2.53. The van der Waals surface area contributed by atoms with Crippen LogP contribution in [0.5, 0.6) is 11.5 Å². The lowest BCUT2D eigenvalue weighted by molar-refractivity contribution is -0.143. The first-order valence-electron chi connectivity index (χ1n) is 8.80. The van der Waals surface area contributed by atoms with Crippen molar-refractivity contribution in [1.82, 2.24) is 15.1 Å². The number of carboxylic acids is 1. The van der Waals surface area contributed by atoms with Crippen LogP contribution in [0.4, 0.5) is 5.82 Å². The molecular weight excluding hydrogens is 348 g/mol. The number of ether oxygens (including phenoxy) is 1. The van der Waals surface area contributed by atoms with E-state index in [0.717, 1.165) is 12.0 Å². The first-order valence-corrected chi connectivity index (χ1v) is 8.80. The molecule has 0 saturated carbocycles. The highest BCUT2D eigenvalue weighted by Gasteiger charge is 2.30. The fourth-order valence-electron chi connectivity index (χ4n) is 3.45. The molecule has 1 aromatic carbocycles. The van der Waals surface area contributed by atoms with E-state index in [9.17, 15) is 15.0 Å². The Hall–Kier alpha value is -2.87. The van der Waals surface area contributed by atoms with Crippen LogP contribution in [0.25, 0.3) is 11.3 Å². The number of benzene rings is 1. The summed E-state index contributed by atoms with van der Waals surface area (Å²) in [7, 11) is 3.36. The molecular formula is C19H24N4O4. The van der Waals surface area contributed by atoms with E-state index in [4.69, 9.17) is 4.74 Å². The molecule has 3 N–H and O–H groups in total. The summed E-state index contributed by atoms with van der Waals surface area (Å²) in [6, 6.07) is 6.62. The highest BCUT2D eigenvalue weighted by Crippen LogP contribution is 2.33. The summed E-state index contributed by atoms with van der Waals surface area (Å²) in [4.78, 5) is 13.0. The van der Waals surface area contributed by atoms with Crippen LogP contribution in [-0.4, -0.2) is 64.1 Å². The van der Waals surface area contributed by atoms with Crippen LogP contribution in [0, 0.1) is 6.92 Å². The van der Waals surface area contributed by atoms with Gasteiger partial charge in [-0.05, 0) is 50.6 Å². The molecule has 0 unspecified atom stereocenters. The third kappa shape index (κ3) is 4.11. The van der Waals surface area contributed by atoms with Crippen LogP contribution in [0.1, 0.15) is 18.4 Å². The average molecular weight is 372 g/mol. The Labute approximate surface area is 157 Å². The summed E-state index contributed by atoms with van der Waals surface area (Å²) < 4.78 is 5.10. The van der Waals surface area contributed by atoms with Gasteiger partial charge in [-0.1, -0.05) is 0 Å². The number of piperidine rings is 1. The van der Waals surface area contributed by atoms with Gasteiger partial charge >= 0.3 is 5.97 Å². The third-order valence-corrected chi connectivity index (χ3v) is 4.91. The van der Waals surface area contributed by atoms with E-state index >= 15 is 0 Å². The quantitative estimate of drug-likeness (QED) is 0.733. The molecule has 0 spiro atoms. The summed E-state index contributed by atoms with van der Waals surface area (Å²) in [5, 5.41) is 31.3. The standard InChI is InChI=1S/C19H24N4O4/c1-11-8-17(20-12-4-7-15(19(25)26)23(2)10-12)21-22-18(11)14-6-5-13(27-3)9-16(14)24/h5-6,8-9,12,15,24H,4,7,10H2,1-3H3,(H,20,21)(H,25,26)/t12-,15-/m1/s1. The molecule has 0 aliphatic carbocycles. The van der Waals surface area contributed by atoms with Crippen molar-refractivity contribution in [1.29, 1.82) is 0 Å². The van der Waals surface area contributed by atoms with Gasteiger partial charge in [-0.25, -0.2) is 0 Å². The number of rotatable bonds is 5. The number of phenols is 1. The molecule has 1 saturated heterocycles. The Kier molecular flexibility index (Phi) is 5.46. The Balaban J connectivity index is 1.73. The number of likely N-dealkylation sites (N-methyl/N-ethyl adjacent to an activating group) is 1. The number of hydrogen-bond donors (Lipinski definition) is 3. The lowest BCUT2D eigenvalue weighted by atomic mass is 9.99. The van der Waals surface area contributed by atoms with E-state index in [1.165, 1.54) is 0 Å². The highest BCUT2D eigenvalue weighted by atomic mass is 16.5. The van der Waals surface area contributed by atoms with Gasteiger partial charge in [0.2, 0.25) is 0 Å². The number of aryl methyl sites for hydroxylation is 1. The molecule has 1 aromatic heterocycles. The maximum atomic E-state index is 11.2. The predicted octanol–water partition coefficient (Wildman–Crippen LogP) is 2.13. The minimum absolute atomic E-state index is 0.0843. The molecule has 1 aliphatic rings. The zero-order chi connectivity index (χ0) is 19.6. The first-order chi connectivity index (χ1) is 12.9. The number of anilines is 1. The number of carbonyl (C=O) groups is 1. The van der Waals surface area contributed by atoms with E-state index < -0.39 is 12.0 Å². The van der Waals surface area contributed by atoms with Crippen molar-refractivity contribution in [3.05, 3.63) is 29.8 Å². The van der Waals surface area contributed by atoms with E-state index in [1.54, 1.807) is 25.3 Å². The minimum Gasteiger partial charge on any atom is -0.507 e. The molecule has 1 aliphatic heterocycles. The molecule has 2 atom stereocenters. The summed E-state index contributed by atoms with van der Waals surface area (Å²) in [5.41, 5.74) is 2.07. The van der Waals surface area contributed by atoms with Crippen molar-refractivity contribution in [3.8, 4) is 22.8 Å². The predicted molar refractivity (Wildman–Crippen MR) is 101 cm³/mol. The first kappa shape index (κ1) is 18.9. The molecule has 27 heavy (non-hydrogen) atoms. The normalized spacial score (nSPS) is 20.3. The van der Waals surface area contributed by atoms with Gasteiger partial charge in [0.25, 0.3) is 0 Å². The lowest BCUT2D eigenvalue weighted by Crippen LogP contribution is -2.49. The Bertz CT molecular complexity index is 842. The fourth-order valence-corrected chi connectivity index (χ4v) is 3.45. The monoisotopic (exact) mass is 372 g/mol. The fraction of sp³-hybridized carbons (Fsp3) is 0.421. The number of nitrogens with one attached hydrogen (secondary N) is 1. The average Bonchev–Trinajstić information content (AvgIpc) is 2.62. The van der Waals surface area contributed by atoms with Gasteiger partial charge in [-0.3, -0.25) is 9.69 Å². The Morgan fingerprint density at radius 3 is 2.67 bits per heavy atom. The van der Waals surface area contributed by atoms with Crippen molar-refractivity contribution >= 4 is 11.8 Å². The number of likely N-dealkylation sites (tertiary alicyclic amines) is 1. The number of phenolic OH excluding ortho intramolecular Hbond substituents is 1. The molecule has 2 aromatic rings. The number of aromatic nitrogens is 2. The van der Waals surface area contributed by atoms with Gasteiger partial charge in [0.15, 0.2) is 0 Å². The number of carboxylic acid groups (broad SMARTS) is 1.